The number of nitrogens with one attached hydrogen (secondary N) is 1. The molecule has 4 heteroatoms. The summed E-state index contributed by atoms with van der Waals surface area (Å²) >= 11 is 0. The molecule has 0 saturated heterocycles. The Morgan fingerprint density at radius 2 is 2.25 bits per heavy atom. The fourth-order valence-electron chi connectivity index (χ4n) is 1.75. The summed E-state index contributed by atoms with van der Waals surface area (Å²) in [4.78, 5) is 1.97. The average molecular weight is 226 g/mol. The Bertz CT molecular complexity index is 294. The molecule has 0 bridgehead atoms. The van der Waals surface area contributed by atoms with Crippen molar-refractivity contribution >= 4 is 0 Å². The van der Waals surface area contributed by atoms with Gasteiger partial charge in [0, 0.05) is 13.1 Å². The van der Waals surface area contributed by atoms with Gasteiger partial charge in [-0.3, -0.25) is 0 Å². The maximum atomic E-state index is 10.1. The van der Waals surface area contributed by atoms with E-state index in [1.54, 1.807) is 6.26 Å². The minimum Gasteiger partial charge on any atom is -0.468 e. The summed E-state index contributed by atoms with van der Waals surface area (Å²) < 4.78 is 5.29. The maximum absolute atomic E-state index is 10.1. The molecule has 16 heavy (non-hydrogen) atoms. The molecule has 0 fully saturated rings. The first-order valence-corrected chi connectivity index (χ1v) is 5.54. The van der Waals surface area contributed by atoms with E-state index in [0.29, 0.717) is 13.1 Å². The highest BCUT2D eigenvalue weighted by atomic mass is 16.3. The van der Waals surface area contributed by atoms with Crippen molar-refractivity contribution in [1.82, 2.24) is 10.2 Å². The summed E-state index contributed by atoms with van der Waals surface area (Å²) in [5.74, 6) is 0.889. The molecular weight excluding hydrogens is 204 g/mol. The van der Waals surface area contributed by atoms with Crippen LogP contribution >= 0.6 is 0 Å². The van der Waals surface area contributed by atoms with E-state index in [1.807, 2.05) is 45.0 Å². The summed E-state index contributed by atoms with van der Waals surface area (Å²) in [7, 11) is 3.90. The summed E-state index contributed by atoms with van der Waals surface area (Å²) in [6.45, 7) is 5.01. The van der Waals surface area contributed by atoms with Crippen molar-refractivity contribution in [2.75, 3.05) is 27.2 Å². The van der Waals surface area contributed by atoms with Crippen LogP contribution in [0.25, 0.3) is 0 Å². The van der Waals surface area contributed by atoms with Gasteiger partial charge in [-0.05, 0) is 40.1 Å². The van der Waals surface area contributed by atoms with Crippen LogP contribution in [0.2, 0.25) is 0 Å². The number of hydrogen-bond donors (Lipinski definition) is 2. The molecule has 4 nitrogen and oxygen atoms in total. The normalized spacial score (nSPS) is 17.4. The van der Waals surface area contributed by atoms with Crippen molar-refractivity contribution in [2.24, 2.45) is 0 Å². The molecule has 0 spiro atoms. The van der Waals surface area contributed by atoms with Gasteiger partial charge < -0.3 is 19.7 Å². The van der Waals surface area contributed by atoms with Gasteiger partial charge in [-0.1, -0.05) is 0 Å². The van der Waals surface area contributed by atoms with Crippen LogP contribution in [0.15, 0.2) is 22.8 Å². The summed E-state index contributed by atoms with van der Waals surface area (Å²) in [6.07, 6.45) is 1.66. The van der Waals surface area contributed by atoms with Gasteiger partial charge >= 0.3 is 0 Å². The first-order valence-electron chi connectivity index (χ1n) is 5.54. The highest BCUT2D eigenvalue weighted by Crippen LogP contribution is 2.13. The zero-order valence-corrected chi connectivity index (χ0v) is 10.5. The lowest BCUT2D eigenvalue weighted by atomic mass is 10.1. The monoisotopic (exact) mass is 226 g/mol. The van der Waals surface area contributed by atoms with E-state index in [0.717, 1.165) is 5.76 Å². The van der Waals surface area contributed by atoms with E-state index >= 15 is 0 Å². The number of hydrogen-bond acceptors (Lipinski definition) is 4. The van der Waals surface area contributed by atoms with Crippen LogP contribution in [0.5, 0.6) is 0 Å². The summed E-state index contributed by atoms with van der Waals surface area (Å²) in [5, 5.41) is 13.4. The second-order valence-electron chi connectivity index (χ2n) is 4.85. The number of rotatable bonds is 6. The number of nitrogens with zero attached hydrogens (tertiary/aromatic N) is 1. The molecule has 0 radical (unpaired) electrons. The van der Waals surface area contributed by atoms with Crippen molar-refractivity contribution in [1.29, 1.82) is 0 Å². The van der Waals surface area contributed by atoms with Crippen molar-refractivity contribution in [3.8, 4) is 0 Å². The van der Waals surface area contributed by atoms with Crippen LogP contribution in [0.3, 0.4) is 0 Å². The first kappa shape index (κ1) is 13.2. The molecule has 92 valence electrons. The second kappa shape index (κ2) is 5.48. The van der Waals surface area contributed by atoms with Gasteiger partial charge in [-0.15, -0.1) is 0 Å². The molecule has 2 N–H and O–H groups in total. The summed E-state index contributed by atoms with van der Waals surface area (Å²) in [6, 6.07) is 3.91. The lowest BCUT2D eigenvalue weighted by Crippen LogP contribution is -2.46. The lowest BCUT2D eigenvalue weighted by molar-refractivity contribution is 0.0312. The molecule has 1 aromatic rings. The third kappa shape index (κ3) is 4.35. The second-order valence-corrected chi connectivity index (χ2v) is 4.85. The Kier molecular flexibility index (Phi) is 4.53. The highest BCUT2D eigenvalue weighted by molar-refractivity contribution is 5.03. The van der Waals surface area contributed by atoms with Gasteiger partial charge in [0.15, 0.2) is 0 Å². The molecule has 0 amide bonds. The van der Waals surface area contributed by atoms with E-state index in [1.165, 1.54) is 0 Å². The van der Waals surface area contributed by atoms with Gasteiger partial charge in [0.1, 0.15) is 5.76 Å². The third-order valence-corrected chi connectivity index (χ3v) is 2.42. The molecule has 0 saturated carbocycles. The maximum Gasteiger partial charge on any atom is 0.120 e. The topological polar surface area (TPSA) is 48.6 Å². The van der Waals surface area contributed by atoms with Crippen molar-refractivity contribution < 1.29 is 9.52 Å². The molecule has 0 aromatic carbocycles. The Hall–Kier alpha value is -0.840. The summed E-state index contributed by atoms with van der Waals surface area (Å²) in [5.41, 5.74) is -0.732. The fourth-order valence-corrected chi connectivity index (χ4v) is 1.75. The van der Waals surface area contributed by atoms with Gasteiger partial charge in [-0.25, -0.2) is 0 Å². The Balaban J connectivity index is 2.39. The lowest BCUT2D eigenvalue weighted by Gasteiger charge is -2.28. The van der Waals surface area contributed by atoms with Crippen LogP contribution in [0.1, 0.15) is 25.6 Å². The number of furan rings is 1. The van der Waals surface area contributed by atoms with Crippen LogP contribution in [0, 0.1) is 0 Å². The SMILES string of the molecule is CC(NCC(C)(O)CN(C)C)c1ccco1. The van der Waals surface area contributed by atoms with Crippen molar-refractivity contribution in [3.05, 3.63) is 24.2 Å². The van der Waals surface area contributed by atoms with Crippen LogP contribution in [-0.4, -0.2) is 42.8 Å². The van der Waals surface area contributed by atoms with Gasteiger partial charge in [0.05, 0.1) is 17.9 Å². The molecule has 0 aliphatic heterocycles. The molecule has 0 aliphatic rings. The molecule has 0 aliphatic carbocycles. The minimum atomic E-state index is -0.732. The third-order valence-electron chi connectivity index (χ3n) is 2.42. The molecule has 1 aromatic heterocycles. The largest absolute Gasteiger partial charge is 0.468 e. The predicted octanol–water partition coefficient (Wildman–Crippen LogP) is 1.24. The molecule has 2 atom stereocenters. The van der Waals surface area contributed by atoms with E-state index in [4.69, 9.17) is 4.42 Å². The van der Waals surface area contributed by atoms with Gasteiger partial charge in [0.2, 0.25) is 0 Å². The van der Waals surface area contributed by atoms with Crippen LogP contribution < -0.4 is 5.32 Å². The molecular formula is C12H22N2O2. The minimum absolute atomic E-state index is 0.114. The zero-order chi connectivity index (χ0) is 12.2. The standard InChI is InChI=1S/C12H22N2O2/c1-10(11-6-5-7-16-11)13-8-12(2,15)9-14(3)4/h5-7,10,13,15H,8-9H2,1-4H3. The fraction of sp³-hybridized carbons (Fsp3) is 0.667. The number of likely N-dealkylation sites (N-methyl/N-ethyl adjacent to an activating group) is 1. The van der Waals surface area contributed by atoms with E-state index in [9.17, 15) is 5.11 Å². The van der Waals surface area contributed by atoms with Crippen LogP contribution in [-0.2, 0) is 0 Å². The molecule has 2 unspecified atom stereocenters. The van der Waals surface area contributed by atoms with Gasteiger partial charge in [-0.2, -0.15) is 0 Å². The zero-order valence-electron chi connectivity index (χ0n) is 10.5. The van der Waals surface area contributed by atoms with E-state index < -0.39 is 5.60 Å². The Morgan fingerprint density at radius 3 is 2.75 bits per heavy atom. The highest BCUT2D eigenvalue weighted by Gasteiger charge is 2.22. The van der Waals surface area contributed by atoms with E-state index in [2.05, 4.69) is 5.32 Å². The van der Waals surface area contributed by atoms with Crippen molar-refractivity contribution in [2.45, 2.75) is 25.5 Å². The van der Waals surface area contributed by atoms with Crippen molar-refractivity contribution in [3.63, 3.8) is 0 Å². The predicted molar refractivity (Wildman–Crippen MR) is 64.3 cm³/mol. The average Bonchev–Trinajstić information content (AvgIpc) is 2.64. The Labute approximate surface area is 97.2 Å². The molecule has 1 heterocycles. The molecule has 1 rings (SSSR count). The smallest absolute Gasteiger partial charge is 0.120 e. The van der Waals surface area contributed by atoms with Crippen LogP contribution in [0.4, 0.5) is 0 Å². The number of aliphatic hydroxyl groups is 1. The quantitative estimate of drug-likeness (QED) is 0.766. The van der Waals surface area contributed by atoms with Gasteiger partial charge in [0.25, 0.3) is 0 Å². The Morgan fingerprint density at radius 1 is 1.56 bits per heavy atom. The first-order chi connectivity index (χ1) is 7.41. The van der Waals surface area contributed by atoms with E-state index in [-0.39, 0.29) is 6.04 Å².